The van der Waals surface area contributed by atoms with Gasteiger partial charge in [-0.25, -0.2) is 16.3 Å². The van der Waals surface area contributed by atoms with E-state index in [0.717, 1.165) is 28.9 Å². The fourth-order valence-electron chi connectivity index (χ4n) is 3.88. The molecule has 200 valence electrons. The molecule has 0 bridgehead atoms. The van der Waals surface area contributed by atoms with Gasteiger partial charge in [-0.05, 0) is 52.9 Å². The number of ether oxygens (including phenoxy) is 2. The van der Waals surface area contributed by atoms with Gasteiger partial charge in [0.1, 0.15) is 11.3 Å². The fraction of sp³-hybridized carbons (Fsp3) is 0.312. The summed E-state index contributed by atoms with van der Waals surface area (Å²) in [6, 6.07) is 28.8. The van der Waals surface area contributed by atoms with E-state index in [1.54, 1.807) is 6.54 Å². The first-order chi connectivity index (χ1) is 17.5. The minimum Gasteiger partial charge on any atom is -0.445 e. The number of rotatable bonds is 4. The summed E-state index contributed by atoms with van der Waals surface area (Å²) in [5, 5.41) is 0. The molecule has 0 aromatic heterocycles. The van der Waals surface area contributed by atoms with Gasteiger partial charge >= 0.3 is 27.2 Å². The summed E-state index contributed by atoms with van der Waals surface area (Å²) >= 11 is 0. The molecule has 1 aliphatic heterocycles. The van der Waals surface area contributed by atoms with Crippen LogP contribution in [-0.4, -0.2) is 34.1 Å². The number of benzene rings is 3. The van der Waals surface area contributed by atoms with E-state index in [1.807, 2.05) is 90.1 Å². The summed E-state index contributed by atoms with van der Waals surface area (Å²) < 4.78 is 10.8. The number of hydrogen-bond donors (Lipinski definition) is 0. The first kappa shape index (κ1) is 31.5. The quantitative estimate of drug-likeness (QED) is 0.209. The molecule has 1 saturated heterocycles. The number of carbonyl (C=O) groups is 1. The van der Waals surface area contributed by atoms with Crippen LogP contribution >= 0.6 is 0 Å². The van der Waals surface area contributed by atoms with Crippen molar-refractivity contribution in [1.29, 1.82) is 0 Å². The molecule has 1 heterocycles. The Morgan fingerprint density at radius 3 is 1.87 bits per heavy atom. The van der Waals surface area contributed by atoms with Gasteiger partial charge in [-0.3, -0.25) is 0 Å². The van der Waals surface area contributed by atoms with Crippen molar-refractivity contribution < 1.29 is 35.3 Å². The molecule has 1 atom stereocenters. The molecule has 38 heavy (non-hydrogen) atoms. The number of hydrogen-bond acceptors (Lipinski definition) is 4. The van der Waals surface area contributed by atoms with E-state index in [4.69, 9.17) is 14.5 Å². The monoisotopic (exact) mass is 682 g/mol. The van der Waals surface area contributed by atoms with Gasteiger partial charge in [0.25, 0.3) is 0 Å². The maximum Gasteiger partial charge on any atom is 2.00 e. The van der Waals surface area contributed by atoms with Crippen LogP contribution < -0.4 is 0 Å². The van der Waals surface area contributed by atoms with Gasteiger partial charge in [-0.15, -0.1) is 0 Å². The molecule has 0 spiro atoms. The molecular weight excluding hydrogens is 644 g/mol. The molecule has 0 aliphatic carbocycles. The predicted octanol–water partition coefficient (Wildman–Crippen LogP) is 7.77. The van der Waals surface area contributed by atoms with Crippen molar-refractivity contribution in [3.8, 4) is 0 Å². The van der Waals surface area contributed by atoms with E-state index in [-0.39, 0.29) is 33.3 Å². The molecule has 0 unspecified atom stereocenters. The van der Waals surface area contributed by atoms with Gasteiger partial charge in [0.2, 0.25) is 0 Å². The van der Waals surface area contributed by atoms with Gasteiger partial charge in [0, 0.05) is 11.1 Å². The molecule has 1 fully saturated rings. The normalized spacial score (nSPS) is 16.0. The molecule has 3 aromatic rings. The van der Waals surface area contributed by atoms with Crippen LogP contribution in [0.15, 0.2) is 89.9 Å². The number of nitrogens with zero attached hydrogens (tertiary/aromatic N) is 2. The van der Waals surface area contributed by atoms with Gasteiger partial charge < -0.3 is 21.3 Å². The van der Waals surface area contributed by atoms with Crippen LogP contribution in [0.2, 0.25) is 0 Å². The SMILES string of the molecule is C[C@H]1[CH-]N(C(=O)OC(C)(C)C)C(C)(C)O1.[CH2-]Cc1ccc(N=C(c2ccccc2)c2ccccc2)cc1.[W+2]. The van der Waals surface area contributed by atoms with Crippen LogP contribution in [0.1, 0.15) is 58.2 Å². The third kappa shape index (κ3) is 9.22. The van der Waals surface area contributed by atoms with Crippen LogP contribution in [0.25, 0.3) is 0 Å². The Labute approximate surface area is 242 Å². The van der Waals surface area contributed by atoms with Crippen molar-refractivity contribution in [2.24, 2.45) is 4.99 Å². The summed E-state index contributed by atoms with van der Waals surface area (Å²) in [4.78, 5) is 18.2. The largest absolute Gasteiger partial charge is 2.00 e. The molecular formula is C32H38N2O3W. The van der Waals surface area contributed by atoms with E-state index < -0.39 is 11.3 Å². The van der Waals surface area contributed by atoms with Crippen LogP contribution in [-0.2, 0) is 37.0 Å². The zero-order valence-electron chi connectivity index (χ0n) is 23.2. The van der Waals surface area contributed by atoms with Gasteiger partial charge in [-0.1, -0.05) is 85.3 Å². The van der Waals surface area contributed by atoms with Crippen molar-refractivity contribution >= 4 is 17.5 Å². The van der Waals surface area contributed by atoms with Crippen LogP contribution in [0.5, 0.6) is 0 Å². The van der Waals surface area contributed by atoms with E-state index >= 15 is 0 Å². The van der Waals surface area contributed by atoms with Crippen molar-refractivity contribution in [2.45, 2.75) is 65.4 Å². The van der Waals surface area contributed by atoms with E-state index in [2.05, 4.69) is 43.3 Å². The van der Waals surface area contributed by atoms with Crippen molar-refractivity contribution in [2.75, 3.05) is 0 Å². The van der Waals surface area contributed by atoms with Crippen LogP contribution in [0.4, 0.5) is 10.5 Å². The molecule has 0 radical (unpaired) electrons. The van der Waals surface area contributed by atoms with Crippen molar-refractivity contribution in [3.63, 3.8) is 0 Å². The molecule has 0 N–H and O–H groups in total. The summed E-state index contributed by atoms with van der Waals surface area (Å²) in [5.41, 5.74) is 4.31. The van der Waals surface area contributed by atoms with E-state index in [0.29, 0.717) is 0 Å². The third-order valence-corrected chi connectivity index (χ3v) is 5.56. The van der Waals surface area contributed by atoms with Gasteiger partial charge in [-0.2, -0.15) is 6.42 Å². The van der Waals surface area contributed by atoms with Gasteiger partial charge in [0.15, 0.2) is 0 Å². The Bertz CT molecular complexity index is 1130. The van der Waals surface area contributed by atoms with E-state index in [9.17, 15) is 4.79 Å². The fourth-order valence-corrected chi connectivity index (χ4v) is 3.88. The molecule has 5 nitrogen and oxygen atoms in total. The number of aliphatic imine (C=N–C) groups is 1. The number of amides is 1. The first-order valence-corrected chi connectivity index (χ1v) is 12.6. The van der Waals surface area contributed by atoms with Crippen molar-refractivity contribution in [1.82, 2.24) is 4.90 Å². The zero-order chi connectivity index (χ0) is 27.1. The topological polar surface area (TPSA) is 51.1 Å². The maximum absolute atomic E-state index is 11.8. The Balaban J connectivity index is 0.000000280. The van der Waals surface area contributed by atoms with Crippen LogP contribution in [0, 0.1) is 13.5 Å². The molecule has 6 heteroatoms. The van der Waals surface area contributed by atoms with E-state index in [1.165, 1.54) is 10.5 Å². The molecule has 1 aliphatic rings. The molecule has 3 aromatic carbocycles. The van der Waals surface area contributed by atoms with Crippen molar-refractivity contribution in [3.05, 3.63) is 115 Å². The predicted molar refractivity (Wildman–Crippen MR) is 151 cm³/mol. The third-order valence-electron chi connectivity index (χ3n) is 5.56. The zero-order valence-corrected chi connectivity index (χ0v) is 26.1. The average molecular weight is 683 g/mol. The smallest absolute Gasteiger partial charge is 0.445 e. The second kappa shape index (κ2) is 13.9. The van der Waals surface area contributed by atoms with Crippen LogP contribution in [0.3, 0.4) is 0 Å². The first-order valence-electron chi connectivity index (χ1n) is 12.6. The molecule has 0 saturated carbocycles. The number of carbonyl (C=O) groups excluding carboxylic acids is 1. The Hall–Kier alpha value is -2.75. The average Bonchev–Trinajstić information content (AvgIpc) is 3.15. The summed E-state index contributed by atoms with van der Waals surface area (Å²) in [5.74, 6) is 0. The molecule has 1 amide bonds. The second-order valence-corrected chi connectivity index (χ2v) is 10.4. The maximum atomic E-state index is 11.8. The molecule has 4 rings (SSSR count). The second-order valence-electron chi connectivity index (χ2n) is 10.4. The van der Waals surface area contributed by atoms with Gasteiger partial charge in [0.05, 0.1) is 11.4 Å². The standard InChI is InChI=1S/C21H18N.C11H20NO3.W/c1-2-17-13-15-20(16-14-17)22-21(18-9-5-3-6-10-18)19-11-7-4-8-12-19;1-8-7-12(11(5,6)14-8)9(13)15-10(2,3)4;/h3-16H,1-2H2;7-8H,1-6H3;/q2*-1;+2/t;8-;/m.0./s1. The summed E-state index contributed by atoms with van der Waals surface area (Å²) in [6.07, 6.45) is 0.373. The minimum atomic E-state index is -0.623. The Morgan fingerprint density at radius 1 is 0.974 bits per heavy atom. The minimum absolute atomic E-state index is 0. The Morgan fingerprint density at radius 2 is 1.47 bits per heavy atom. The summed E-state index contributed by atoms with van der Waals surface area (Å²) in [6.45, 7) is 16.8. The Kier molecular flexibility index (Phi) is 11.5. The summed E-state index contributed by atoms with van der Waals surface area (Å²) in [7, 11) is 0.